The minimum absolute atomic E-state index is 0.0726. The molecule has 0 aromatic heterocycles. The molecule has 0 amide bonds. The van der Waals surface area contributed by atoms with Crippen LogP contribution in [-0.4, -0.2) is 18.4 Å². The first-order valence-corrected chi connectivity index (χ1v) is 6.69. The number of hydrogen-bond acceptors (Lipinski definition) is 3. The van der Waals surface area contributed by atoms with E-state index >= 15 is 0 Å². The van der Waals surface area contributed by atoms with E-state index in [1.807, 2.05) is 12.1 Å². The van der Waals surface area contributed by atoms with E-state index in [9.17, 15) is 4.79 Å². The van der Waals surface area contributed by atoms with Crippen LogP contribution in [0.5, 0.6) is 5.75 Å². The van der Waals surface area contributed by atoms with Crippen LogP contribution in [0.15, 0.2) is 22.7 Å². The van der Waals surface area contributed by atoms with Crippen LogP contribution < -0.4 is 10.5 Å². The van der Waals surface area contributed by atoms with Crippen LogP contribution in [0.2, 0.25) is 0 Å². The van der Waals surface area contributed by atoms with Crippen LogP contribution in [0.25, 0.3) is 0 Å². The molecule has 1 aliphatic carbocycles. The molecule has 0 bridgehead atoms. The maximum absolute atomic E-state index is 11.7. The van der Waals surface area contributed by atoms with Crippen LogP contribution >= 0.6 is 15.9 Å². The maximum atomic E-state index is 11.7. The third kappa shape index (κ3) is 3.07. The van der Waals surface area contributed by atoms with E-state index in [2.05, 4.69) is 15.9 Å². The lowest BCUT2D eigenvalue weighted by Gasteiger charge is -2.26. The third-order valence-corrected chi connectivity index (χ3v) is 3.59. The number of benzene rings is 1. The van der Waals surface area contributed by atoms with Crippen LogP contribution in [0.3, 0.4) is 0 Å². The number of ketones is 1. The van der Waals surface area contributed by atoms with Crippen molar-refractivity contribution in [1.29, 1.82) is 0 Å². The molecule has 3 nitrogen and oxygen atoms in total. The molecule has 0 unspecified atom stereocenters. The van der Waals surface area contributed by atoms with Crippen molar-refractivity contribution >= 4 is 21.7 Å². The summed E-state index contributed by atoms with van der Waals surface area (Å²) in [4.78, 5) is 11.7. The number of Topliss-reactive ketones (excluding diaryl/α,β-unsaturated/α-hetero) is 1. The van der Waals surface area contributed by atoms with Crippen molar-refractivity contribution in [1.82, 2.24) is 0 Å². The fourth-order valence-corrected chi connectivity index (χ4v) is 2.19. The van der Waals surface area contributed by atoms with Crippen LogP contribution in [0.1, 0.15) is 36.0 Å². The Labute approximate surface area is 109 Å². The lowest BCUT2D eigenvalue weighted by molar-refractivity contribution is 0.0985. The number of rotatable bonds is 5. The minimum Gasteiger partial charge on any atom is -0.489 e. The normalized spacial score (nSPS) is 15.4. The maximum Gasteiger partial charge on any atom is 0.164 e. The fraction of sp³-hybridized carbons (Fsp3) is 0.462. The summed E-state index contributed by atoms with van der Waals surface area (Å²) in [5.41, 5.74) is 6.05. The standard InChI is InChI=1S/C13H16BrNO2/c14-11-8-9(12(16)6-7-15)4-5-13(11)17-10-2-1-3-10/h4-5,8,10H,1-3,6-7,15H2. The lowest BCUT2D eigenvalue weighted by Crippen LogP contribution is -2.24. The first kappa shape index (κ1) is 12.6. The molecule has 0 radical (unpaired) electrons. The molecule has 0 spiro atoms. The Balaban J connectivity index is 2.07. The highest BCUT2D eigenvalue weighted by molar-refractivity contribution is 9.10. The molecule has 0 heterocycles. The van der Waals surface area contributed by atoms with Gasteiger partial charge in [-0.1, -0.05) is 0 Å². The smallest absolute Gasteiger partial charge is 0.164 e. The summed E-state index contributed by atoms with van der Waals surface area (Å²) in [5.74, 6) is 0.891. The highest BCUT2D eigenvalue weighted by atomic mass is 79.9. The molecule has 17 heavy (non-hydrogen) atoms. The molecule has 1 aromatic rings. The van der Waals surface area contributed by atoms with Gasteiger partial charge in [-0.3, -0.25) is 4.79 Å². The van der Waals surface area contributed by atoms with E-state index in [4.69, 9.17) is 10.5 Å². The van der Waals surface area contributed by atoms with Gasteiger partial charge in [0.2, 0.25) is 0 Å². The number of hydrogen-bond donors (Lipinski definition) is 1. The van der Waals surface area contributed by atoms with E-state index in [0.717, 1.165) is 23.1 Å². The van der Waals surface area contributed by atoms with Gasteiger partial charge in [0.1, 0.15) is 5.75 Å². The number of carbonyl (C=O) groups excluding carboxylic acids is 1. The molecule has 2 N–H and O–H groups in total. The average Bonchev–Trinajstić information content (AvgIpc) is 2.25. The van der Waals surface area contributed by atoms with E-state index in [-0.39, 0.29) is 5.78 Å². The molecule has 0 aliphatic heterocycles. The third-order valence-electron chi connectivity index (χ3n) is 2.97. The molecule has 1 aromatic carbocycles. The van der Waals surface area contributed by atoms with Crippen molar-refractivity contribution in [2.24, 2.45) is 5.73 Å². The fourth-order valence-electron chi connectivity index (χ4n) is 1.71. The van der Waals surface area contributed by atoms with E-state index in [0.29, 0.717) is 24.6 Å². The molecule has 1 fully saturated rings. The molecular formula is C13H16BrNO2. The Morgan fingerprint density at radius 2 is 2.24 bits per heavy atom. The highest BCUT2D eigenvalue weighted by Gasteiger charge is 2.20. The summed E-state index contributed by atoms with van der Waals surface area (Å²) in [5, 5.41) is 0. The summed E-state index contributed by atoms with van der Waals surface area (Å²) in [6, 6.07) is 5.47. The van der Waals surface area contributed by atoms with Crippen molar-refractivity contribution < 1.29 is 9.53 Å². The van der Waals surface area contributed by atoms with E-state index in [1.165, 1.54) is 6.42 Å². The Bertz CT molecular complexity index is 416. The van der Waals surface area contributed by atoms with Gasteiger partial charge in [-0.2, -0.15) is 0 Å². The zero-order chi connectivity index (χ0) is 12.3. The van der Waals surface area contributed by atoms with Gasteiger partial charge in [0, 0.05) is 12.0 Å². The average molecular weight is 298 g/mol. The van der Waals surface area contributed by atoms with Gasteiger partial charge in [-0.05, 0) is 59.9 Å². The summed E-state index contributed by atoms with van der Waals surface area (Å²) < 4.78 is 6.63. The molecular weight excluding hydrogens is 282 g/mol. The van der Waals surface area contributed by atoms with Crippen molar-refractivity contribution in [3.63, 3.8) is 0 Å². The van der Waals surface area contributed by atoms with Crippen LogP contribution in [0.4, 0.5) is 0 Å². The quantitative estimate of drug-likeness (QED) is 0.850. The van der Waals surface area contributed by atoms with Crippen molar-refractivity contribution in [2.45, 2.75) is 31.8 Å². The van der Waals surface area contributed by atoms with Crippen LogP contribution in [-0.2, 0) is 0 Å². The first-order chi connectivity index (χ1) is 8.20. The zero-order valence-electron chi connectivity index (χ0n) is 9.62. The second-order valence-corrected chi connectivity index (χ2v) is 5.13. The summed E-state index contributed by atoms with van der Waals surface area (Å²) in [7, 11) is 0. The van der Waals surface area contributed by atoms with Gasteiger partial charge in [0.05, 0.1) is 10.6 Å². The highest BCUT2D eigenvalue weighted by Crippen LogP contribution is 2.31. The molecule has 1 aliphatic rings. The van der Waals surface area contributed by atoms with Gasteiger partial charge >= 0.3 is 0 Å². The summed E-state index contributed by atoms with van der Waals surface area (Å²) >= 11 is 3.44. The molecule has 4 heteroatoms. The van der Waals surface area contributed by atoms with Crippen molar-refractivity contribution in [3.05, 3.63) is 28.2 Å². The molecule has 92 valence electrons. The summed E-state index contributed by atoms with van der Waals surface area (Å²) in [6.45, 7) is 0.386. The predicted molar refractivity (Wildman–Crippen MR) is 70.4 cm³/mol. The Morgan fingerprint density at radius 1 is 1.47 bits per heavy atom. The Kier molecular flexibility index (Phi) is 4.18. The van der Waals surface area contributed by atoms with Gasteiger partial charge in [-0.25, -0.2) is 0 Å². The Morgan fingerprint density at radius 3 is 2.76 bits per heavy atom. The van der Waals surface area contributed by atoms with Gasteiger partial charge in [-0.15, -0.1) is 0 Å². The molecule has 0 atom stereocenters. The topological polar surface area (TPSA) is 52.3 Å². The summed E-state index contributed by atoms with van der Waals surface area (Å²) in [6.07, 6.45) is 4.22. The number of halogens is 1. The molecule has 2 rings (SSSR count). The predicted octanol–water partition coefficient (Wildman–Crippen LogP) is 2.91. The SMILES string of the molecule is NCCC(=O)c1ccc(OC2CCC2)c(Br)c1. The molecule has 0 saturated heterocycles. The lowest BCUT2D eigenvalue weighted by atomic mass is 9.96. The zero-order valence-corrected chi connectivity index (χ0v) is 11.2. The number of nitrogens with two attached hydrogens (primary N) is 1. The number of ether oxygens (including phenoxy) is 1. The monoisotopic (exact) mass is 297 g/mol. The van der Waals surface area contributed by atoms with Crippen LogP contribution in [0, 0.1) is 0 Å². The minimum atomic E-state index is 0.0726. The first-order valence-electron chi connectivity index (χ1n) is 5.90. The van der Waals surface area contributed by atoms with E-state index < -0.39 is 0 Å². The van der Waals surface area contributed by atoms with Gasteiger partial charge < -0.3 is 10.5 Å². The largest absolute Gasteiger partial charge is 0.489 e. The number of carbonyl (C=O) groups is 1. The second-order valence-electron chi connectivity index (χ2n) is 4.28. The van der Waals surface area contributed by atoms with Crippen molar-refractivity contribution in [2.75, 3.05) is 6.54 Å². The van der Waals surface area contributed by atoms with E-state index in [1.54, 1.807) is 6.07 Å². The van der Waals surface area contributed by atoms with Gasteiger partial charge in [0.25, 0.3) is 0 Å². The Hall–Kier alpha value is -0.870. The van der Waals surface area contributed by atoms with Crippen molar-refractivity contribution in [3.8, 4) is 5.75 Å². The van der Waals surface area contributed by atoms with Gasteiger partial charge in [0.15, 0.2) is 5.78 Å². The molecule has 1 saturated carbocycles. The second kappa shape index (κ2) is 5.65.